The van der Waals surface area contributed by atoms with E-state index in [4.69, 9.17) is 14.2 Å². The van der Waals surface area contributed by atoms with Crippen LogP contribution in [0.15, 0.2) is 71.4 Å². The summed E-state index contributed by atoms with van der Waals surface area (Å²) in [5.41, 5.74) is 2.81. The van der Waals surface area contributed by atoms with Crippen LogP contribution in [0, 0.1) is 0 Å². The van der Waals surface area contributed by atoms with Gasteiger partial charge in [0, 0.05) is 26.0 Å². The zero-order valence-electron chi connectivity index (χ0n) is 21.1. The van der Waals surface area contributed by atoms with Gasteiger partial charge in [0.05, 0.1) is 24.3 Å². The first kappa shape index (κ1) is 26.7. The Hall–Kier alpha value is -3.91. The van der Waals surface area contributed by atoms with Gasteiger partial charge in [-0.25, -0.2) is 4.79 Å². The third kappa shape index (κ3) is 6.60. The van der Waals surface area contributed by atoms with E-state index in [1.807, 2.05) is 37.3 Å². The van der Waals surface area contributed by atoms with Crippen molar-refractivity contribution < 1.29 is 28.6 Å². The maximum Gasteiger partial charge on any atom is 0.340 e. The van der Waals surface area contributed by atoms with Crippen molar-refractivity contribution in [1.29, 1.82) is 0 Å². The van der Waals surface area contributed by atoms with Gasteiger partial charge in [-0.3, -0.25) is 9.59 Å². The molecule has 36 heavy (non-hydrogen) atoms. The van der Waals surface area contributed by atoms with Crippen LogP contribution in [0.3, 0.4) is 0 Å². The molecule has 1 aliphatic rings. The second-order valence-electron chi connectivity index (χ2n) is 8.37. The van der Waals surface area contributed by atoms with E-state index in [-0.39, 0.29) is 35.6 Å². The first-order valence-electron chi connectivity index (χ1n) is 11.7. The zero-order chi connectivity index (χ0) is 26.1. The molecule has 0 aromatic heterocycles. The largest absolute Gasteiger partial charge is 0.484 e. The highest BCUT2D eigenvalue weighted by molar-refractivity contribution is 6.16. The molecule has 1 N–H and O–H groups in total. The number of hydrogen-bond acceptors (Lipinski definition) is 6. The van der Waals surface area contributed by atoms with Crippen molar-refractivity contribution in [3.63, 3.8) is 0 Å². The minimum atomic E-state index is -0.558. The normalized spacial score (nSPS) is 15.3. The summed E-state index contributed by atoms with van der Waals surface area (Å²) < 4.78 is 15.6. The number of methoxy groups -OCH3 is 2. The maximum atomic E-state index is 13.1. The Morgan fingerprint density at radius 3 is 2.39 bits per heavy atom. The fourth-order valence-electron chi connectivity index (χ4n) is 3.95. The van der Waals surface area contributed by atoms with Crippen LogP contribution < -0.4 is 10.1 Å². The minimum absolute atomic E-state index is 0.124. The molecule has 0 unspecified atom stereocenters. The van der Waals surface area contributed by atoms with Gasteiger partial charge in [-0.1, -0.05) is 42.5 Å². The number of carbonyl (C=O) groups excluding carboxylic acids is 3. The summed E-state index contributed by atoms with van der Waals surface area (Å²) in [6.45, 7) is 4.47. The van der Waals surface area contributed by atoms with Crippen LogP contribution in [0.4, 0.5) is 0 Å². The lowest BCUT2D eigenvalue weighted by molar-refractivity contribution is -0.136. The number of allylic oxidation sites excluding steroid dienone is 1. The van der Waals surface area contributed by atoms with Gasteiger partial charge in [0.15, 0.2) is 6.61 Å². The highest BCUT2D eigenvalue weighted by Gasteiger charge is 2.36. The van der Waals surface area contributed by atoms with Gasteiger partial charge in [-0.2, -0.15) is 0 Å². The lowest BCUT2D eigenvalue weighted by Crippen LogP contribution is -2.31. The average molecular weight is 493 g/mol. The van der Waals surface area contributed by atoms with Crippen LogP contribution in [0.1, 0.15) is 37.4 Å². The van der Waals surface area contributed by atoms with Gasteiger partial charge in [-0.05, 0) is 49.6 Å². The Balaban J connectivity index is 1.66. The van der Waals surface area contributed by atoms with Crippen molar-refractivity contribution in [2.75, 3.05) is 34.0 Å². The quantitative estimate of drug-likeness (QED) is 0.292. The molecule has 8 nitrogen and oxygen atoms in total. The molecule has 2 aromatic carbocycles. The van der Waals surface area contributed by atoms with Gasteiger partial charge in [-0.15, -0.1) is 0 Å². The molecule has 2 aromatic rings. The second-order valence-corrected chi connectivity index (χ2v) is 8.37. The Bertz CT molecular complexity index is 1140. The molecule has 0 bridgehead atoms. The summed E-state index contributed by atoms with van der Waals surface area (Å²) in [4.78, 5) is 39.4. The third-order valence-electron chi connectivity index (χ3n) is 5.87. The van der Waals surface area contributed by atoms with Crippen LogP contribution >= 0.6 is 0 Å². The lowest BCUT2D eigenvalue weighted by Gasteiger charge is -2.17. The molecule has 8 heteroatoms. The molecule has 0 spiro atoms. The van der Waals surface area contributed by atoms with Crippen molar-refractivity contribution in [2.45, 2.75) is 26.3 Å². The highest BCUT2D eigenvalue weighted by Crippen LogP contribution is 2.32. The smallest absolute Gasteiger partial charge is 0.340 e. The predicted octanol–water partition coefficient (Wildman–Crippen LogP) is 3.65. The first-order chi connectivity index (χ1) is 17.3. The van der Waals surface area contributed by atoms with Crippen LogP contribution in [0.2, 0.25) is 0 Å². The van der Waals surface area contributed by atoms with E-state index in [0.29, 0.717) is 36.6 Å². The van der Waals surface area contributed by atoms with E-state index in [1.165, 1.54) is 7.11 Å². The molecule has 0 radical (unpaired) electrons. The molecule has 190 valence electrons. The lowest BCUT2D eigenvalue weighted by atomic mass is 10.0. The van der Waals surface area contributed by atoms with Gasteiger partial charge < -0.3 is 24.4 Å². The molecular weight excluding hydrogens is 460 g/mol. The van der Waals surface area contributed by atoms with Crippen molar-refractivity contribution in [1.82, 2.24) is 10.2 Å². The fraction of sp³-hybridized carbons (Fsp3) is 0.321. The number of nitrogens with zero attached hydrogens (tertiary/aromatic N) is 1. The summed E-state index contributed by atoms with van der Waals surface area (Å²) in [6, 6.07) is 16.5. The van der Waals surface area contributed by atoms with E-state index in [1.54, 1.807) is 49.3 Å². The fourth-order valence-corrected chi connectivity index (χ4v) is 3.95. The predicted molar refractivity (Wildman–Crippen MR) is 136 cm³/mol. The number of rotatable bonds is 11. The molecule has 1 heterocycles. The summed E-state index contributed by atoms with van der Waals surface area (Å²) in [7, 11) is 2.89. The Kier molecular flexibility index (Phi) is 9.41. The van der Waals surface area contributed by atoms with Crippen molar-refractivity contribution in [3.05, 3.63) is 82.6 Å². The van der Waals surface area contributed by atoms with Gasteiger partial charge in [0.25, 0.3) is 11.8 Å². The Labute approximate surface area is 211 Å². The molecule has 1 aliphatic heterocycles. The molecule has 0 aliphatic carbocycles. The van der Waals surface area contributed by atoms with Crippen LogP contribution in [-0.2, 0) is 23.9 Å². The number of esters is 1. The van der Waals surface area contributed by atoms with Gasteiger partial charge >= 0.3 is 5.97 Å². The molecule has 3 rings (SSSR count). The summed E-state index contributed by atoms with van der Waals surface area (Å²) in [5, 5.41) is 2.91. The summed E-state index contributed by atoms with van der Waals surface area (Å²) in [6.07, 6.45) is 2.30. The number of ether oxygens (including phenoxy) is 3. The molecule has 2 amide bonds. The Morgan fingerprint density at radius 2 is 1.75 bits per heavy atom. The minimum Gasteiger partial charge on any atom is -0.484 e. The van der Waals surface area contributed by atoms with Crippen molar-refractivity contribution in [3.8, 4) is 5.75 Å². The number of benzene rings is 2. The average Bonchev–Trinajstić information content (AvgIpc) is 3.12. The number of hydrogen-bond donors (Lipinski definition) is 1. The van der Waals surface area contributed by atoms with Crippen molar-refractivity contribution in [2.24, 2.45) is 0 Å². The van der Waals surface area contributed by atoms with E-state index in [9.17, 15) is 14.4 Å². The van der Waals surface area contributed by atoms with E-state index in [0.717, 1.165) is 5.56 Å². The molecule has 0 saturated heterocycles. The molecule has 0 saturated carbocycles. The highest BCUT2D eigenvalue weighted by atomic mass is 16.5. The SMILES string of the molecule is COCCCN1C(=O)/C(=C\c2ccc(OCC(=O)N[C@@H](C)c3ccccc3)cc2)C(C(=O)OC)=C1C. The topological polar surface area (TPSA) is 94.2 Å². The van der Waals surface area contributed by atoms with E-state index >= 15 is 0 Å². The molecule has 1 atom stereocenters. The van der Waals surface area contributed by atoms with Crippen LogP contribution in [-0.4, -0.2) is 56.7 Å². The van der Waals surface area contributed by atoms with Crippen molar-refractivity contribution >= 4 is 23.9 Å². The van der Waals surface area contributed by atoms with E-state index < -0.39 is 5.97 Å². The first-order valence-corrected chi connectivity index (χ1v) is 11.7. The zero-order valence-corrected chi connectivity index (χ0v) is 21.1. The van der Waals surface area contributed by atoms with Crippen LogP contribution in [0.5, 0.6) is 5.75 Å². The van der Waals surface area contributed by atoms with E-state index in [2.05, 4.69) is 5.32 Å². The van der Waals surface area contributed by atoms with Gasteiger partial charge in [0.2, 0.25) is 0 Å². The molecular formula is C28H32N2O6. The van der Waals surface area contributed by atoms with Crippen LogP contribution in [0.25, 0.3) is 6.08 Å². The number of carbonyl (C=O) groups is 3. The number of nitrogens with one attached hydrogen (secondary N) is 1. The Morgan fingerprint density at radius 1 is 1.06 bits per heavy atom. The number of amides is 2. The van der Waals surface area contributed by atoms with Gasteiger partial charge in [0.1, 0.15) is 5.75 Å². The monoisotopic (exact) mass is 492 g/mol. The third-order valence-corrected chi connectivity index (χ3v) is 5.87. The summed E-state index contributed by atoms with van der Waals surface area (Å²) >= 11 is 0. The second kappa shape index (κ2) is 12.7. The maximum absolute atomic E-state index is 13.1. The summed E-state index contributed by atoms with van der Waals surface area (Å²) in [5.74, 6) is -0.532. The molecule has 0 fully saturated rings. The standard InChI is InChI=1S/C28H32N2O6/c1-19(22-9-6-5-7-10-22)29-25(31)18-36-23-13-11-21(12-14-23)17-24-26(28(33)35-4)20(2)30(27(24)32)15-8-16-34-3/h5-7,9-14,17,19H,8,15-16,18H2,1-4H3,(H,29,31)/b24-17-/t19-/m0/s1.